The number of nitrogens with zero attached hydrogens (tertiary/aromatic N) is 2. The van der Waals surface area contributed by atoms with Gasteiger partial charge in [0.05, 0.1) is 27.0 Å². The molecule has 1 fully saturated rings. The molecule has 0 saturated carbocycles. The van der Waals surface area contributed by atoms with E-state index in [-0.39, 0.29) is 11.9 Å². The fraction of sp³-hybridized carbons (Fsp3) is 0.304. The molecule has 1 atom stereocenters. The highest BCUT2D eigenvalue weighted by Gasteiger charge is 2.26. The van der Waals surface area contributed by atoms with Gasteiger partial charge < -0.3 is 24.4 Å². The first-order valence-corrected chi connectivity index (χ1v) is 10.1. The van der Waals surface area contributed by atoms with Crippen LogP contribution in [0.2, 0.25) is 0 Å². The number of H-pyrrole nitrogens is 1. The number of aromatic nitrogens is 2. The third kappa shape index (κ3) is 4.42. The highest BCUT2D eigenvalue weighted by atomic mass is 16.5. The number of amides is 1. The van der Waals surface area contributed by atoms with Crippen molar-refractivity contribution in [2.45, 2.75) is 12.5 Å². The lowest BCUT2D eigenvalue weighted by molar-refractivity contribution is 0.0940. The van der Waals surface area contributed by atoms with Gasteiger partial charge in [-0.1, -0.05) is 0 Å². The van der Waals surface area contributed by atoms with Crippen LogP contribution < -0.4 is 24.4 Å². The van der Waals surface area contributed by atoms with Gasteiger partial charge in [-0.3, -0.25) is 9.89 Å². The van der Waals surface area contributed by atoms with E-state index in [0.717, 1.165) is 35.8 Å². The van der Waals surface area contributed by atoms with Gasteiger partial charge in [-0.2, -0.15) is 5.10 Å². The average Bonchev–Trinajstić information content (AvgIpc) is 3.48. The summed E-state index contributed by atoms with van der Waals surface area (Å²) in [6.45, 7) is 1.52. The molecule has 1 amide bonds. The van der Waals surface area contributed by atoms with Gasteiger partial charge in [0.2, 0.25) is 0 Å². The van der Waals surface area contributed by atoms with Gasteiger partial charge in [0, 0.05) is 30.8 Å². The van der Waals surface area contributed by atoms with E-state index >= 15 is 0 Å². The van der Waals surface area contributed by atoms with E-state index in [1.807, 2.05) is 30.3 Å². The summed E-state index contributed by atoms with van der Waals surface area (Å²) >= 11 is 0. The lowest BCUT2D eigenvalue weighted by atomic mass is 10.1. The predicted molar refractivity (Wildman–Crippen MR) is 118 cm³/mol. The Bertz CT molecular complexity index is 1050. The van der Waals surface area contributed by atoms with Crippen LogP contribution in [-0.2, 0) is 0 Å². The van der Waals surface area contributed by atoms with E-state index in [0.29, 0.717) is 23.6 Å². The number of aromatic amines is 1. The second kappa shape index (κ2) is 8.99. The number of rotatable bonds is 7. The number of nitrogens with one attached hydrogen (secondary N) is 2. The first-order chi connectivity index (χ1) is 15.1. The Labute approximate surface area is 181 Å². The van der Waals surface area contributed by atoms with Crippen molar-refractivity contribution < 1.29 is 19.0 Å². The molecule has 1 aromatic heterocycles. The molecule has 0 unspecified atom stereocenters. The van der Waals surface area contributed by atoms with Crippen LogP contribution in [0.25, 0.3) is 11.3 Å². The van der Waals surface area contributed by atoms with Crippen LogP contribution in [0.4, 0.5) is 5.82 Å². The van der Waals surface area contributed by atoms with Crippen LogP contribution in [0.5, 0.6) is 17.2 Å². The minimum absolute atomic E-state index is 0.0433. The molecule has 0 bridgehead atoms. The first kappa shape index (κ1) is 20.6. The monoisotopic (exact) mass is 422 g/mol. The number of methoxy groups -OCH3 is 3. The summed E-state index contributed by atoms with van der Waals surface area (Å²) in [5, 5.41) is 10.7. The molecule has 0 spiro atoms. The van der Waals surface area contributed by atoms with Gasteiger partial charge >= 0.3 is 0 Å². The molecule has 2 aromatic carbocycles. The molecule has 1 aliphatic rings. The molecule has 1 aliphatic heterocycles. The van der Waals surface area contributed by atoms with Crippen molar-refractivity contribution in [3.05, 3.63) is 54.1 Å². The quantitative estimate of drug-likeness (QED) is 0.608. The summed E-state index contributed by atoms with van der Waals surface area (Å²) in [6, 6.07) is 15.1. The van der Waals surface area contributed by atoms with Gasteiger partial charge in [-0.25, -0.2) is 0 Å². The zero-order chi connectivity index (χ0) is 21.8. The fourth-order valence-corrected chi connectivity index (χ4v) is 3.72. The second-order valence-corrected chi connectivity index (χ2v) is 7.34. The Morgan fingerprint density at radius 2 is 1.81 bits per heavy atom. The number of carbonyl (C=O) groups is 1. The summed E-state index contributed by atoms with van der Waals surface area (Å²) < 4.78 is 15.7. The lowest BCUT2D eigenvalue weighted by Gasteiger charge is -2.16. The third-order valence-electron chi connectivity index (χ3n) is 5.46. The highest BCUT2D eigenvalue weighted by Crippen LogP contribution is 2.28. The molecule has 3 aromatic rings. The summed E-state index contributed by atoms with van der Waals surface area (Å²) in [5.41, 5.74) is 2.52. The molecule has 8 nitrogen and oxygen atoms in total. The summed E-state index contributed by atoms with van der Waals surface area (Å²) in [4.78, 5) is 14.9. The zero-order valence-electron chi connectivity index (χ0n) is 17.8. The van der Waals surface area contributed by atoms with Crippen molar-refractivity contribution in [1.29, 1.82) is 0 Å². The molecule has 31 heavy (non-hydrogen) atoms. The number of ether oxygens (including phenoxy) is 3. The normalized spacial score (nSPS) is 15.6. The standard InChI is InChI=1S/C23H26N4O4/c1-29-18-7-4-15(5-8-18)19-13-22(26-25-19)27-11-10-17(14-27)24-23(28)16-6-9-20(30-2)21(12-16)31-3/h4-9,12-13,17H,10-11,14H2,1-3H3,(H,24,28)(H,25,26)/t17-/m1/s1. The van der Waals surface area contributed by atoms with Crippen LogP contribution in [0, 0.1) is 0 Å². The van der Waals surface area contributed by atoms with E-state index in [2.05, 4.69) is 20.4 Å². The van der Waals surface area contributed by atoms with Gasteiger partial charge in [0.1, 0.15) is 5.75 Å². The van der Waals surface area contributed by atoms with Crippen LogP contribution in [0.3, 0.4) is 0 Å². The summed E-state index contributed by atoms with van der Waals surface area (Å²) in [6.07, 6.45) is 0.851. The largest absolute Gasteiger partial charge is 0.497 e. The molecule has 2 N–H and O–H groups in total. The topological polar surface area (TPSA) is 88.7 Å². The molecule has 0 aliphatic carbocycles. The number of anilines is 1. The van der Waals surface area contributed by atoms with E-state index in [1.54, 1.807) is 39.5 Å². The maximum absolute atomic E-state index is 12.7. The van der Waals surface area contributed by atoms with Gasteiger partial charge in [-0.05, 0) is 54.4 Å². The van der Waals surface area contributed by atoms with Crippen LogP contribution in [0.15, 0.2) is 48.5 Å². The lowest BCUT2D eigenvalue weighted by Crippen LogP contribution is -2.37. The Hall–Kier alpha value is -3.68. The smallest absolute Gasteiger partial charge is 0.251 e. The van der Waals surface area contributed by atoms with Crippen LogP contribution in [-0.4, -0.2) is 56.6 Å². The van der Waals surface area contributed by atoms with Crippen molar-refractivity contribution in [2.75, 3.05) is 39.3 Å². The molecule has 1 saturated heterocycles. The van der Waals surface area contributed by atoms with Gasteiger partial charge in [0.25, 0.3) is 5.91 Å². The van der Waals surface area contributed by atoms with Gasteiger partial charge in [-0.15, -0.1) is 0 Å². The molecule has 8 heteroatoms. The number of hydrogen-bond donors (Lipinski definition) is 2. The molecule has 0 radical (unpaired) electrons. The summed E-state index contributed by atoms with van der Waals surface area (Å²) in [5.74, 6) is 2.68. The van der Waals surface area contributed by atoms with Crippen LogP contribution in [0.1, 0.15) is 16.8 Å². The minimum Gasteiger partial charge on any atom is -0.497 e. The Kier molecular flexibility index (Phi) is 5.97. The Morgan fingerprint density at radius 1 is 1.03 bits per heavy atom. The number of carbonyl (C=O) groups excluding carboxylic acids is 1. The fourth-order valence-electron chi connectivity index (χ4n) is 3.72. The molecular formula is C23H26N4O4. The molecular weight excluding hydrogens is 396 g/mol. The molecule has 162 valence electrons. The first-order valence-electron chi connectivity index (χ1n) is 10.1. The van der Waals surface area contributed by atoms with E-state index < -0.39 is 0 Å². The van der Waals surface area contributed by atoms with E-state index in [9.17, 15) is 4.79 Å². The zero-order valence-corrected chi connectivity index (χ0v) is 17.8. The molecule has 4 rings (SSSR count). The maximum atomic E-state index is 12.7. The van der Waals surface area contributed by atoms with Crippen molar-refractivity contribution in [2.24, 2.45) is 0 Å². The van der Waals surface area contributed by atoms with Crippen molar-refractivity contribution in [1.82, 2.24) is 15.5 Å². The second-order valence-electron chi connectivity index (χ2n) is 7.34. The minimum atomic E-state index is -0.131. The van der Waals surface area contributed by atoms with Gasteiger partial charge in [0.15, 0.2) is 17.3 Å². The maximum Gasteiger partial charge on any atom is 0.251 e. The molecule has 2 heterocycles. The summed E-state index contributed by atoms with van der Waals surface area (Å²) in [7, 11) is 4.77. The van der Waals surface area contributed by atoms with E-state index in [1.165, 1.54) is 0 Å². The van der Waals surface area contributed by atoms with Crippen molar-refractivity contribution >= 4 is 11.7 Å². The van der Waals surface area contributed by atoms with Crippen molar-refractivity contribution in [3.8, 4) is 28.5 Å². The van der Waals surface area contributed by atoms with Crippen LogP contribution >= 0.6 is 0 Å². The van der Waals surface area contributed by atoms with E-state index in [4.69, 9.17) is 14.2 Å². The average molecular weight is 422 g/mol. The predicted octanol–water partition coefficient (Wildman–Crippen LogP) is 3.11. The number of hydrogen-bond acceptors (Lipinski definition) is 6. The highest BCUT2D eigenvalue weighted by molar-refractivity contribution is 5.95. The SMILES string of the molecule is COc1ccc(-c2cc(N3CC[C@@H](NC(=O)c4ccc(OC)c(OC)c4)C3)n[nH]2)cc1. The van der Waals surface area contributed by atoms with Crippen molar-refractivity contribution in [3.63, 3.8) is 0 Å². The number of benzene rings is 2. The third-order valence-corrected chi connectivity index (χ3v) is 5.46. The Balaban J connectivity index is 1.38. The Morgan fingerprint density at radius 3 is 2.52 bits per heavy atom.